The largest absolute Gasteiger partial charge is 0.398 e. The maximum Gasteiger partial charge on any atom is 0.233 e. The highest BCUT2D eigenvalue weighted by Crippen LogP contribution is 2.27. The van der Waals surface area contributed by atoms with Crippen molar-refractivity contribution in [1.82, 2.24) is 24.9 Å². The van der Waals surface area contributed by atoms with Gasteiger partial charge in [0.25, 0.3) is 0 Å². The van der Waals surface area contributed by atoms with E-state index in [2.05, 4.69) is 35.6 Å². The molecule has 5 rings (SSSR count). The monoisotopic (exact) mass is 474 g/mol. The van der Waals surface area contributed by atoms with E-state index < -0.39 is 0 Å². The molecular weight excluding hydrogens is 452 g/mol. The Morgan fingerprint density at radius 1 is 0.588 bits per heavy atom. The predicted molar refractivity (Wildman–Crippen MR) is 140 cm³/mol. The Balaban J connectivity index is 0.00000274. The van der Waals surface area contributed by atoms with E-state index in [4.69, 9.17) is 17.2 Å². The second-order valence-corrected chi connectivity index (χ2v) is 7.76. The molecule has 8 N–H and O–H groups in total. The summed E-state index contributed by atoms with van der Waals surface area (Å²) in [5.74, 6) is 0.659. The Kier molecular flexibility index (Phi) is 5.91. The van der Waals surface area contributed by atoms with E-state index in [-0.39, 0.29) is 18.4 Å². The number of nitrogens with zero attached hydrogens (tertiary/aromatic N) is 5. The molecule has 0 bridgehead atoms. The number of aryl methyl sites for hydroxylation is 2. The van der Waals surface area contributed by atoms with Crippen LogP contribution in [0.25, 0.3) is 21.8 Å². The van der Waals surface area contributed by atoms with Gasteiger partial charge in [0.15, 0.2) is 0 Å². The number of pyridine rings is 2. The molecule has 3 aromatic heterocycles. The summed E-state index contributed by atoms with van der Waals surface area (Å²) in [5, 5.41) is 7.98. The number of halogens is 1. The van der Waals surface area contributed by atoms with E-state index in [0.29, 0.717) is 23.3 Å². The Morgan fingerprint density at radius 3 is 1.47 bits per heavy atom. The van der Waals surface area contributed by atoms with Gasteiger partial charge in [0, 0.05) is 44.9 Å². The van der Waals surface area contributed by atoms with E-state index >= 15 is 0 Å². The quantitative estimate of drug-likeness (QED) is 0.254. The normalized spacial score (nSPS) is 10.8. The van der Waals surface area contributed by atoms with Crippen LogP contribution in [-0.2, 0) is 0 Å². The summed E-state index contributed by atoms with van der Waals surface area (Å²) in [6.07, 6.45) is 0. The number of aromatic nitrogens is 5. The lowest BCUT2D eigenvalue weighted by Crippen LogP contribution is -2.07. The molecule has 0 amide bonds. The SMILES string of the molecule is Cc1cc(N)c2cc(Nc3nc(N)nc(Nc4ccc5nc(C)cc(N)c5c4)n3)ccc2n1.Cl. The minimum absolute atomic E-state index is 0. The lowest BCUT2D eigenvalue weighted by molar-refractivity contribution is 1.07. The van der Waals surface area contributed by atoms with Crippen LogP contribution in [0.5, 0.6) is 0 Å². The van der Waals surface area contributed by atoms with Gasteiger partial charge in [0.2, 0.25) is 17.8 Å². The van der Waals surface area contributed by atoms with E-state index in [9.17, 15) is 0 Å². The molecule has 172 valence electrons. The van der Waals surface area contributed by atoms with Crippen molar-refractivity contribution in [2.24, 2.45) is 0 Å². The predicted octanol–water partition coefficient (Wildman–Crippen LogP) is 4.24. The third-order valence-corrected chi connectivity index (χ3v) is 5.10. The highest BCUT2D eigenvalue weighted by molar-refractivity contribution is 5.94. The van der Waals surface area contributed by atoms with Crippen LogP contribution < -0.4 is 27.8 Å². The zero-order chi connectivity index (χ0) is 23.1. The lowest BCUT2D eigenvalue weighted by atomic mass is 10.1. The molecule has 34 heavy (non-hydrogen) atoms. The molecule has 5 aromatic rings. The molecule has 0 aliphatic carbocycles. The Hall–Kier alpha value is -4.44. The zero-order valence-corrected chi connectivity index (χ0v) is 19.3. The Labute approximate surface area is 201 Å². The average Bonchev–Trinajstić information content (AvgIpc) is 2.74. The molecule has 0 aliphatic heterocycles. The summed E-state index contributed by atoms with van der Waals surface area (Å²) in [7, 11) is 0. The topological polar surface area (TPSA) is 167 Å². The number of benzene rings is 2. The fraction of sp³-hybridized carbons (Fsp3) is 0.0870. The number of nitrogens with one attached hydrogen (secondary N) is 2. The molecule has 0 saturated heterocycles. The number of nitrogens with two attached hydrogens (primary N) is 3. The summed E-state index contributed by atoms with van der Waals surface area (Å²) < 4.78 is 0. The standard InChI is InChI=1S/C23H22N10.ClH/c1-11-7-17(24)15-9-13(3-5-19(15)27-11)29-22-31-21(26)32-23(33-22)30-14-4-6-20-16(10-14)18(25)8-12(2)28-20;/h3-10H,1-2H3,(H2,24,27)(H2,25,28)(H4,26,29,30,31,32,33);1H. The molecule has 0 fully saturated rings. The highest BCUT2D eigenvalue weighted by Gasteiger charge is 2.09. The van der Waals surface area contributed by atoms with Gasteiger partial charge in [0.1, 0.15) is 0 Å². The summed E-state index contributed by atoms with van der Waals surface area (Å²) in [5.41, 5.74) is 24.4. The van der Waals surface area contributed by atoms with Crippen LogP contribution in [-0.4, -0.2) is 24.9 Å². The number of rotatable bonds is 4. The van der Waals surface area contributed by atoms with Crippen molar-refractivity contribution >= 4 is 74.8 Å². The third kappa shape index (κ3) is 4.52. The van der Waals surface area contributed by atoms with E-state index in [0.717, 1.165) is 44.6 Å². The van der Waals surface area contributed by atoms with Crippen molar-refractivity contribution in [3.63, 3.8) is 0 Å². The Bertz CT molecular complexity index is 1420. The molecule has 0 saturated carbocycles. The fourth-order valence-electron chi connectivity index (χ4n) is 3.70. The smallest absolute Gasteiger partial charge is 0.233 e. The van der Waals surface area contributed by atoms with Crippen molar-refractivity contribution in [3.05, 3.63) is 59.9 Å². The van der Waals surface area contributed by atoms with Gasteiger partial charge in [0.05, 0.1) is 11.0 Å². The maximum absolute atomic E-state index is 6.16. The summed E-state index contributed by atoms with van der Waals surface area (Å²) in [6.45, 7) is 3.82. The molecule has 0 atom stereocenters. The number of anilines is 7. The van der Waals surface area contributed by atoms with Gasteiger partial charge < -0.3 is 27.8 Å². The molecule has 2 aromatic carbocycles. The van der Waals surface area contributed by atoms with Gasteiger partial charge in [-0.15, -0.1) is 12.4 Å². The first-order valence-electron chi connectivity index (χ1n) is 10.2. The second-order valence-electron chi connectivity index (χ2n) is 7.76. The van der Waals surface area contributed by atoms with Crippen LogP contribution in [0, 0.1) is 13.8 Å². The average molecular weight is 475 g/mol. The molecule has 10 nitrogen and oxygen atoms in total. The van der Waals surface area contributed by atoms with Crippen LogP contribution in [0.15, 0.2) is 48.5 Å². The van der Waals surface area contributed by atoms with Crippen LogP contribution in [0.3, 0.4) is 0 Å². The molecular formula is C23H23ClN10. The summed E-state index contributed by atoms with van der Waals surface area (Å²) in [6, 6.07) is 15.0. The first-order valence-corrected chi connectivity index (χ1v) is 10.2. The van der Waals surface area contributed by atoms with Gasteiger partial charge in [-0.1, -0.05) is 0 Å². The van der Waals surface area contributed by atoms with Crippen molar-refractivity contribution in [1.29, 1.82) is 0 Å². The minimum Gasteiger partial charge on any atom is -0.398 e. The Morgan fingerprint density at radius 2 is 1.03 bits per heavy atom. The van der Waals surface area contributed by atoms with Gasteiger partial charge in [-0.25, -0.2) is 0 Å². The number of hydrogen-bond acceptors (Lipinski definition) is 10. The summed E-state index contributed by atoms with van der Waals surface area (Å²) >= 11 is 0. The van der Waals surface area contributed by atoms with E-state index in [1.54, 1.807) is 0 Å². The molecule has 0 aliphatic rings. The number of nitrogen functional groups attached to an aromatic ring is 3. The molecule has 0 radical (unpaired) electrons. The van der Waals surface area contributed by atoms with E-state index in [1.807, 2.05) is 62.4 Å². The molecule has 0 spiro atoms. The van der Waals surface area contributed by atoms with Gasteiger partial charge >= 0.3 is 0 Å². The highest BCUT2D eigenvalue weighted by atomic mass is 35.5. The lowest BCUT2D eigenvalue weighted by Gasteiger charge is -2.11. The van der Waals surface area contributed by atoms with Crippen molar-refractivity contribution < 1.29 is 0 Å². The van der Waals surface area contributed by atoms with Crippen LogP contribution in [0.4, 0.5) is 40.6 Å². The molecule has 11 heteroatoms. The van der Waals surface area contributed by atoms with Gasteiger partial charge in [-0.3, -0.25) is 9.97 Å². The van der Waals surface area contributed by atoms with Gasteiger partial charge in [-0.05, 0) is 62.4 Å². The molecule has 0 unspecified atom stereocenters. The zero-order valence-electron chi connectivity index (χ0n) is 18.5. The first-order chi connectivity index (χ1) is 15.8. The van der Waals surface area contributed by atoms with Crippen LogP contribution in [0.2, 0.25) is 0 Å². The first kappa shape index (κ1) is 22.7. The number of fused-ring (bicyclic) bond motifs is 2. The fourth-order valence-corrected chi connectivity index (χ4v) is 3.70. The van der Waals surface area contributed by atoms with E-state index in [1.165, 1.54) is 0 Å². The summed E-state index contributed by atoms with van der Waals surface area (Å²) in [4.78, 5) is 21.8. The van der Waals surface area contributed by atoms with Crippen molar-refractivity contribution in [2.45, 2.75) is 13.8 Å². The van der Waals surface area contributed by atoms with Crippen molar-refractivity contribution in [2.75, 3.05) is 27.8 Å². The minimum atomic E-state index is 0. The van der Waals surface area contributed by atoms with Crippen LogP contribution in [0.1, 0.15) is 11.4 Å². The maximum atomic E-state index is 6.16. The second kappa shape index (κ2) is 8.83. The molecule has 3 heterocycles. The van der Waals surface area contributed by atoms with Crippen molar-refractivity contribution in [3.8, 4) is 0 Å². The third-order valence-electron chi connectivity index (χ3n) is 5.10. The van der Waals surface area contributed by atoms with Gasteiger partial charge in [-0.2, -0.15) is 15.0 Å². The van der Waals surface area contributed by atoms with Crippen LogP contribution >= 0.6 is 12.4 Å². The number of hydrogen-bond donors (Lipinski definition) is 5.